The first-order chi connectivity index (χ1) is 16.4. The Kier molecular flexibility index (Phi) is 7.60. The summed E-state index contributed by atoms with van der Waals surface area (Å²) in [5.74, 6) is -4.85. The third-order valence-electron chi connectivity index (χ3n) is 5.41. The molecule has 1 aliphatic rings. The SMILES string of the molecule is CN=CC(=C(N)C(=O)N1CC(F)(F)C[C@@H](C)[C@H]1CNc1ncc(C(F)(F)F)cn1)c1cnccn1. The first-order valence-corrected chi connectivity index (χ1v) is 10.4. The molecule has 2 aromatic heterocycles. The van der Waals surface area contributed by atoms with Crippen LogP contribution in [0, 0.1) is 5.92 Å². The molecule has 3 heterocycles. The molecular weight excluding hydrogens is 475 g/mol. The Hall–Kier alpha value is -3.71. The van der Waals surface area contributed by atoms with Gasteiger partial charge in [0, 0.05) is 56.6 Å². The van der Waals surface area contributed by atoms with Gasteiger partial charge in [0.25, 0.3) is 11.8 Å². The fourth-order valence-electron chi connectivity index (χ4n) is 3.75. The standard InChI is InChI=1S/C21H23F5N8O/c1-12-5-20(22,23)11-34(16(12)10-33-19-31-6-13(7-32-19)21(24,25)26)18(35)17(27)14(8-28-2)15-9-29-3-4-30-15/h3-4,6-9,12,16H,5,10-11,27H2,1-2H3,(H,31,32,33)/t12-,16-/m1/s1. The lowest BCUT2D eigenvalue weighted by Crippen LogP contribution is -2.58. The zero-order chi connectivity index (χ0) is 25.8. The maximum atomic E-state index is 14.4. The fourth-order valence-corrected chi connectivity index (χ4v) is 3.75. The molecule has 0 radical (unpaired) electrons. The summed E-state index contributed by atoms with van der Waals surface area (Å²) in [6.45, 7) is 0.558. The van der Waals surface area contributed by atoms with Crippen molar-refractivity contribution in [3.63, 3.8) is 0 Å². The van der Waals surface area contributed by atoms with E-state index in [2.05, 4.69) is 30.2 Å². The topological polar surface area (TPSA) is 122 Å². The molecule has 0 saturated carbocycles. The van der Waals surface area contributed by atoms with E-state index < -0.39 is 48.5 Å². The van der Waals surface area contributed by atoms with E-state index in [-0.39, 0.29) is 29.5 Å². The third kappa shape index (κ3) is 6.25. The number of anilines is 1. The number of aromatic nitrogens is 4. The highest BCUT2D eigenvalue weighted by molar-refractivity contribution is 6.17. The monoisotopic (exact) mass is 498 g/mol. The Morgan fingerprint density at radius 1 is 1.26 bits per heavy atom. The zero-order valence-electron chi connectivity index (χ0n) is 18.8. The number of carbonyl (C=O) groups excluding carboxylic acids is 1. The van der Waals surface area contributed by atoms with E-state index in [1.807, 2.05) is 0 Å². The Bertz CT molecular complexity index is 1090. The number of halogens is 5. The van der Waals surface area contributed by atoms with Gasteiger partial charge in [0.15, 0.2) is 0 Å². The second kappa shape index (κ2) is 10.3. The fraction of sp³-hybridized carbons (Fsp3) is 0.429. The quantitative estimate of drug-likeness (QED) is 0.357. The predicted molar refractivity (Wildman–Crippen MR) is 117 cm³/mol. The van der Waals surface area contributed by atoms with Crippen LogP contribution in [0.15, 0.2) is 41.7 Å². The summed E-state index contributed by atoms with van der Waals surface area (Å²) < 4.78 is 67.1. The molecule has 1 saturated heterocycles. The lowest BCUT2D eigenvalue weighted by Gasteiger charge is -2.43. The van der Waals surface area contributed by atoms with Crippen molar-refractivity contribution < 1.29 is 26.7 Å². The van der Waals surface area contributed by atoms with E-state index in [0.717, 1.165) is 4.90 Å². The summed E-state index contributed by atoms with van der Waals surface area (Å²) in [6.07, 6.45) is 1.55. The van der Waals surface area contributed by atoms with E-state index >= 15 is 0 Å². The maximum Gasteiger partial charge on any atom is 0.419 e. The van der Waals surface area contributed by atoms with Crippen molar-refractivity contribution >= 4 is 23.6 Å². The van der Waals surface area contributed by atoms with Crippen LogP contribution in [0.3, 0.4) is 0 Å². The van der Waals surface area contributed by atoms with Gasteiger partial charge >= 0.3 is 6.18 Å². The van der Waals surface area contributed by atoms with Crippen LogP contribution in [-0.4, -0.2) is 69.1 Å². The van der Waals surface area contributed by atoms with Crippen LogP contribution in [-0.2, 0) is 11.0 Å². The lowest BCUT2D eigenvalue weighted by molar-refractivity contribution is -0.148. The van der Waals surface area contributed by atoms with E-state index in [9.17, 15) is 26.7 Å². The Morgan fingerprint density at radius 3 is 2.51 bits per heavy atom. The van der Waals surface area contributed by atoms with Crippen molar-refractivity contribution in [1.29, 1.82) is 0 Å². The molecule has 1 fully saturated rings. The van der Waals surface area contributed by atoms with Crippen molar-refractivity contribution in [3.05, 3.63) is 47.9 Å². The molecule has 3 rings (SSSR count). The highest BCUT2D eigenvalue weighted by Crippen LogP contribution is 2.35. The number of hydrogen-bond donors (Lipinski definition) is 2. The molecule has 0 unspecified atom stereocenters. The number of nitrogens with one attached hydrogen (secondary N) is 1. The smallest absolute Gasteiger partial charge is 0.394 e. The second-order valence-corrected chi connectivity index (χ2v) is 8.02. The average Bonchev–Trinajstić information content (AvgIpc) is 2.80. The molecule has 1 aliphatic heterocycles. The van der Waals surface area contributed by atoms with Crippen LogP contribution < -0.4 is 11.1 Å². The van der Waals surface area contributed by atoms with Gasteiger partial charge in [0.05, 0.1) is 30.0 Å². The van der Waals surface area contributed by atoms with Gasteiger partial charge in [-0.2, -0.15) is 13.2 Å². The number of carbonyl (C=O) groups is 1. The van der Waals surface area contributed by atoms with Gasteiger partial charge in [-0.1, -0.05) is 6.92 Å². The molecular formula is C21H23F5N8O. The molecule has 0 aromatic carbocycles. The van der Waals surface area contributed by atoms with Crippen LogP contribution in [0.25, 0.3) is 5.57 Å². The van der Waals surface area contributed by atoms with Gasteiger partial charge in [-0.25, -0.2) is 18.7 Å². The Morgan fingerprint density at radius 2 is 1.94 bits per heavy atom. The predicted octanol–water partition coefficient (Wildman–Crippen LogP) is 2.64. The maximum absolute atomic E-state index is 14.4. The minimum absolute atomic E-state index is 0.0933. The summed E-state index contributed by atoms with van der Waals surface area (Å²) in [6, 6.07) is -0.784. The number of nitrogens with two attached hydrogens (primary N) is 1. The molecule has 0 spiro atoms. The largest absolute Gasteiger partial charge is 0.419 e. The van der Waals surface area contributed by atoms with Gasteiger partial charge in [-0.05, 0) is 5.92 Å². The molecule has 0 aliphatic carbocycles. The summed E-state index contributed by atoms with van der Waals surface area (Å²) in [4.78, 5) is 33.4. The molecule has 2 atom stereocenters. The van der Waals surface area contributed by atoms with Gasteiger partial charge in [-0.15, -0.1) is 0 Å². The molecule has 9 nitrogen and oxygen atoms in total. The molecule has 3 N–H and O–H groups in total. The number of hydrogen-bond acceptors (Lipinski definition) is 8. The van der Waals surface area contributed by atoms with E-state index in [1.165, 1.54) is 31.9 Å². The Balaban J connectivity index is 1.88. The highest BCUT2D eigenvalue weighted by atomic mass is 19.4. The third-order valence-corrected chi connectivity index (χ3v) is 5.41. The van der Waals surface area contributed by atoms with E-state index in [4.69, 9.17) is 5.73 Å². The molecule has 35 heavy (non-hydrogen) atoms. The van der Waals surface area contributed by atoms with Crippen molar-refractivity contribution in [2.45, 2.75) is 31.5 Å². The summed E-state index contributed by atoms with van der Waals surface area (Å²) in [5, 5.41) is 2.73. The number of nitrogens with zero attached hydrogens (tertiary/aromatic N) is 6. The van der Waals surface area contributed by atoms with Crippen molar-refractivity contribution in [2.24, 2.45) is 16.6 Å². The summed E-state index contributed by atoms with van der Waals surface area (Å²) >= 11 is 0. The Labute approximate surface area is 197 Å². The first kappa shape index (κ1) is 25.9. The van der Waals surface area contributed by atoms with Crippen LogP contribution in [0.1, 0.15) is 24.6 Å². The van der Waals surface area contributed by atoms with Crippen molar-refractivity contribution in [2.75, 3.05) is 25.5 Å². The summed E-state index contributed by atoms with van der Waals surface area (Å²) in [7, 11) is 1.45. The minimum Gasteiger partial charge on any atom is -0.394 e. The second-order valence-electron chi connectivity index (χ2n) is 8.02. The number of aliphatic imine (C=N–C) groups is 1. The molecule has 2 aromatic rings. The number of amides is 1. The van der Waals surface area contributed by atoms with Gasteiger partial charge in [0.2, 0.25) is 5.95 Å². The first-order valence-electron chi connectivity index (χ1n) is 10.4. The number of allylic oxidation sites excluding steroid dienone is 1. The van der Waals surface area contributed by atoms with E-state index in [1.54, 1.807) is 6.92 Å². The lowest BCUT2D eigenvalue weighted by atomic mass is 9.88. The van der Waals surface area contributed by atoms with Crippen LogP contribution in [0.4, 0.5) is 27.9 Å². The summed E-state index contributed by atoms with van der Waals surface area (Å²) in [5.41, 5.74) is 5.07. The highest BCUT2D eigenvalue weighted by Gasteiger charge is 2.46. The van der Waals surface area contributed by atoms with Gasteiger partial charge in [-0.3, -0.25) is 19.8 Å². The van der Waals surface area contributed by atoms with Crippen molar-refractivity contribution in [3.8, 4) is 0 Å². The molecule has 14 heteroatoms. The van der Waals surface area contributed by atoms with Gasteiger partial charge in [0.1, 0.15) is 5.70 Å². The number of likely N-dealkylation sites (tertiary alicyclic amines) is 1. The molecule has 188 valence electrons. The number of rotatable bonds is 6. The average molecular weight is 498 g/mol. The van der Waals surface area contributed by atoms with Crippen molar-refractivity contribution in [1.82, 2.24) is 24.8 Å². The number of alkyl halides is 5. The van der Waals surface area contributed by atoms with Crippen LogP contribution in [0.5, 0.6) is 0 Å². The molecule has 0 bridgehead atoms. The minimum atomic E-state index is -4.60. The molecule has 1 amide bonds. The van der Waals surface area contributed by atoms with Gasteiger partial charge < -0.3 is 16.0 Å². The van der Waals surface area contributed by atoms with E-state index in [0.29, 0.717) is 12.4 Å². The normalized spacial score (nSPS) is 21.1. The zero-order valence-corrected chi connectivity index (χ0v) is 18.8. The van der Waals surface area contributed by atoms with Crippen LogP contribution >= 0.6 is 0 Å². The van der Waals surface area contributed by atoms with Crippen LogP contribution in [0.2, 0.25) is 0 Å². The number of piperidine rings is 1.